The van der Waals surface area contributed by atoms with E-state index < -0.39 is 0 Å². The van der Waals surface area contributed by atoms with E-state index in [1.165, 1.54) is 6.33 Å². The summed E-state index contributed by atoms with van der Waals surface area (Å²) < 4.78 is 1.63. The third-order valence-corrected chi connectivity index (χ3v) is 2.48. The van der Waals surface area contributed by atoms with Crippen molar-refractivity contribution in [2.75, 3.05) is 0 Å². The maximum absolute atomic E-state index is 9.00. The molecule has 0 fully saturated rings. The second-order valence-electron chi connectivity index (χ2n) is 3.08. The highest BCUT2D eigenvalue weighted by Crippen LogP contribution is 2.16. The quantitative estimate of drug-likeness (QED) is 0.858. The van der Waals surface area contributed by atoms with Crippen LogP contribution >= 0.6 is 11.6 Å². The Kier molecular flexibility index (Phi) is 2.99. The minimum absolute atomic E-state index is 0.121. The summed E-state index contributed by atoms with van der Waals surface area (Å²) in [4.78, 5) is 3.92. The van der Waals surface area contributed by atoms with Crippen LogP contribution in [-0.2, 0) is 13.2 Å². The van der Waals surface area contributed by atoms with E-state index in [-0.39, 0.29) is 6.61 Å². The van der Waals surface area contributed by atoms with Crippen LogP contribution < -0.4 is 0 Å². The first-order valence-electron chi connectivity index (χ1n) is 4.52. The van der Waals surface area contributed by atoms with Crippen LogP contribution in [0.2, 0.25) is 5.02 Å². The fourth-order valence-corrected chi connectivity index (χ4v) is 1.53. The molecule has 2 rings (SSSR count). The highest BCUT2D eigenvalue weighted by Gasteiger charge is 2.05. The predicted octanol–water partition coefficient (Wildman–Crippen LogP) is 1.47. The molecule has 2 aromatic rings. The first-order chi connectivity index (χ1) is 7.31. The van der Waals surface area contributed by atoms with Crippen molar-refractivity contribution in [2.45, 2.75) is 13.2 Å². The number of aliphatic hydroxyl groups is 1. The molecule has 78 valence electrons. The molecule has 0 bridgehead atoms. The molecule has 0 saturated carbocycles. The molecule has 15 heavy (non-hydrogen) atoms. The maximum atomic E-state index is 9.00. The molecule has 0 unspecified atom stereocenters. The van der Waals surface area contributed by atoms with Crippen molar-refractivity contribution in [1.82, 2.24) is 14.8 Å². The minimum Gasteiger partial charge on any atom is -0.388 e. The molecule has 0 amide bonds. The van der Waals surface area contributed by atoms with Crippen LogP contribution in [0.3, 0.4) is 0 Å². The molecule has 5 heteroatoms. The molecular formula is C10H10ClN3O. The van der Waals surface area contributed by atoms with Crippen LogP contribution in [-0.4, -0.2) is 19.9 Å². The molecule has 0 atom stereocenters. The van der Waals surface area contributed by atoms with Crippen LogP contribution in [0.1, 0.15) is 11.4 Å². The van der Waals surface area contributed by atoms with Gasteiger partial charge < -0.3 is 5.11 Å². The third-order valence-electron chi connectivity index (χ3n) is 2.12. The van der Waals surface area contributed by atoms with Gasteiger partial charge in [-0.05, 0) is 11.6 Å². The number of halogens is 1. The van der Waals surface area contributed by atoms with Crippen molar-refractivity contribution >= 4 is 11.6 Å². The number of nitrogens with zero attached hydrogens (tertiary/aromatic N) is 3. The topological polar surface area (TPSA) is 50.9 Å². The zero-order valence-electron chi connectivity index (χ0n) is 7.97. The van der Waals surface area contributed by atoms with Gasteiger partial charge in [0.1, 0.15) is 12.9 Å². The minimum atomic E-state index is -0.121. The van der Waals surface area contributed by atoms with Gasteiger partial charge in [0, 0.05) is 5.02 Å². The zero-order chi connectivity index (χ0) is 10.7. The summed E-state index contributed by atoms with van der Waals surface area (Å²) in [5, 5.41) is 13.7. The van der Waals surface area contributed by atoms with Crippen LogP contribution in [0.15, 0.2) is 30.6 Å². The predicted molar refractivity (Wildman–Crippen MR) is 56.5 cm³/mol. The summed E-state index contributed by atoms with van der Waals surface area (Å²) in [5.74, 6) is 0.537. The van der Waals surface area contributed by atoms with E-state index in [9.17, 15) is 0 Å². The average molecular weight is 224 g/mol. The Hall–Kier alpha value is -1.39. The zero-order valence-corrected chi connectivity index (χ0v) is 8.72. The maximum Gasteiger partial charge on any atom is 0.152 e. The molecule has 0 aliphatic carbocycles. The van der Waals surface area contributed by atoms with Crippen LogP contribution in [0.4, 0.5) is 0 Å². The molecule has 1 heterocycles. The number of hydrogen-bond acceptors (Lipinski definition) is 3. The molecule has 0 saturated heterocycles. The first-order valence-corrected chi connectivity index (χ1v) is 4.90. The molecule has 1 aromatic heterocycles. The van der Waals surface area contributed by atoms with E-state index in [1.807, 2.05) is 24.3 Å². The SMILES string of the molecule is OCc1ncnn1Cc1ccccc1Cl. The van der Waals surface area contributed by atoms with E-state index in [0.29, 0.717) is 17.4 Å². The monoisotopic (exact) mass is 223 g/mol. The molecule has 1 N–H and O–H groups in total. The molecule has 0 radical (unpaired) electrons. The number of rotatable bonds is 3. The van der Waals surface area contributed by atoms with Gasteiger partial charge in [0.2, 0.25) is 0 Å². The Bertz CT molecular complexity index is 455. The summed E-state index contributed by atoms with van der Waals surface area (Å²) in [7, 11) is 0. The number of benzene rings is 1. The van der Waals surface area contributed by atoms with Crippen molar-refractivity contribution < 1.29 is 5.11 Å². The molecular weight excluding hydrogens is 214 g/mol. The van der Waals surface area contributed by atoms with Crippen molar-refractivity contribution in [3.8, 4) is 0 Å². The average Bonchev–Trinajstić information content (AvgIpc) is 2.69. The Morgan fingerprint density at radius 2 is 2.13 bits per heavy atom. The lowest BCUT2D eigenvalue weighted by molar-refractivity contribution is 0.264. The van der Waals surface area contributed by atoms with Crippen LogP contribution in [0.25, 0.3) is 0 Å². The molecule has 0 aliphatic rings. The Morgan fingerprint density at radius 1 is 1.33 bits per heavy atom. The van der Waals surface area contributed by atoms with E-state index >= 15 is 0 Å². The fourth-order valence-electron chi connectivity index (χ4n) is 1.33. The summed E-state index contributed by atoms with van der Waals surface area (Å²) >= 11 is 6.01. The smallest absolute Gasteiger partial charge is 0.152 e. The summed E-state index contributed by atoms with van der Waals surface area (Å²) in [6.07, 6.45) is 1.42. The second kappa shape index (κ2) is 4.42. The van der Waals surface area contributed by atoms with Crippen LogP contribution in [0.5, 0.6) is 0 Å². The summed E-state index contributed by atoms with van der Waals surface area (Å²) in [6.45, 7) is 0.403. The normalized spacial score (nSPS) is 10.5. The van der Waals surface area contributed by atoms with Gasteiger partial charge >= 0.3 is 0 Å². The van der Waals surface area contributed by atoms with Gasteiger partial charge in [-0.2, -0.15) is 5.10 Å². The van der Waals surface area contributed by atoms with E-state index in [4.69, 9.17) is 16.7 Å². The number of aromatic nitrogens is 3. The van der Waals surface area contributed by atoms with E-state index in [2.05, 4.69) is 10.1 Å². The van der Waals surface area contributed by atoms with Crippen molar-refractivity contribution in [3.05, 3.63) is 47.0 Å². The van der Waals surface area contributed by atoms with Crippen molar-refractivity contribution in [1.29, 1.82) is 0 Å². The highest BCUT2D eigenvalue weighted by atomic mass is 35.5. The first kappa shape index (κ1) is 10.1. The van der Waals surface area contributed by atoms with Gasteiger partial charge in [0.15, 0.2) is 5.82 Å². The molecule has 1 aromatic carbocycles. The van der Waals surface area contributed by atoms with Gasteiger partial charge in [0.05, 0.1) is 6.54 Å². The van der Waals surface area contributed by atoms with E-state index in [1.54, 1.807) is 4.68 Å². The largest absolute Gasteiger partial charge is 0.388 e. The standard InChI is InChI=1S/C10H10ClN3O/c11-9-4-2-1-3-8(9)5-14-10(6-15)12-7-13-14/h1-4,7,15H,5-6H2. The second-order valence-corrected chi connectivity index (χ2v) is 3.49. The summed E-state index contributed by atoms with van der Waals surface area (Å²) in [6, 6.07) is 7.54. The van der Waals surface area contributed by atoms with Crippen molar-refractivity contribution in [3.63, 3.8) is 0 Å². The van der Waals surface area contributed by atoms with Gasteiger partial charge in [-0.25, -0.2) is 9.67 Å². The van der Waals surface area contributed by atoms with E-state index in [0.717, 1.165) is 5.56 Å². The Balaban J connectivity index is 2.26. The number of hydrogen-bond donors (Lipinski definition) is 1. The van der Waals surface area contributed by atoms with Gasteiger partial charge in [-0.3, -0.25) is 0 Å². The Labute approximate surface area is 92.1 Å². The Morgan fingerprint density at radius 3 is 2.87 bits per heavy atom. The van der Waals surface area contributed by atoms with Gasteiger partial charge in [0.25, 0.3) is 0 Å². The highest BCUT2D eigenvalue weighted by molar-refractivity contribution is 6.31. The lowest BCUT2D eigenvalue weighted by Crippen LogP contribution is -2.07. The molecule has 0 spiro atoms. The van der Waals surface area contributed by atoms with Crippen LogP contribution in [0, 0.1) is 0 Å². The summed E-state index contributed by atoms with van der Waals surface area (Å²) in [5.41, 5.74) is 0.958. The third kappa shape index (κ3) is 2.16. The van der Waals surface area contributed by atoms with Gasteiger partial charge in [-0.1, -0.05) is 29.8 Å². The fraction of sp³-hybridized carbons (Fsp3) is 0.200. The van der Waals surface area contributed by atoms with Gasteiger partial charge in [-0.15, -0.1) is 0 Å². The lowest BCUT2D eigenvalue weighted by atomic mass is 10.2. The number of aliphatic hydroxyl groups excluding tert-OH is 1. The van der Waals surface area contributed by atoms with Crippen molar-refractivity contribution in [2.24, 2.45) is 0 Å². The molecule has 0 aliphatic heterocycles. The molecule has 4 nitrogen and oxygen atoms in total. The lowest BCUT2D eigenvalue weighted by Gasteiger charge is -2.05.